The fraction of sp³-hybridized carbons (Fsp3) is 0.900. The van der Waals surface area contributed by atoms with Crippen molar-refractivity contribution in [2.45, 2.75) is 40.0 Å². The Bertz CT molecular complexity index is 222. The second-order valence-electron chi connectivity index (χ2n) is 5.02. The Kier molecular flexibility index (Phi) is 2.07. The van der Waals surface area contributed by atoms with Crippen molar-refractivity contribution >= 4 is 5.71 Å². The SMILES string of the molecule is CC1(C)[C@@H]2CC[C@@]1(C)C(=[NH2+])C2.[Cl-]. The van der Waals surface area contributed by atoms with E-state index in [1.54, 1.807) is 0 Å². The van der Waals surface area contributed by atoms with Gasteiger partial charge < -0.3 is 12.4 Å². The highest BCUT2D eigenvalue weighted by Gasteiger charge is 2.62. The zero-order chi connectivity index (χ0) is 8.28. The van der Waals surface area contributed by atoms with E-state index >= 15 is 0 Å². The fourth-order valence-corrected chi connectivity index (χ4v) is 3.02. The molecule has 2 heteroatoms. The summed E-state index contributed by atoms with van der Waals surface area (Å²) in [5, 5.41) is 6.05. The molecule has 0 spiro atoms. The summed E-state index contributed by atoms with van der Waals surface area (Å²) < 4.78 is 0. The topological polar surface area (TPSA) is 25.6 Å². The molecule has 2 rings (SSSR count). The predicted molar refractivity (Wildman–Crippen MR) is 46.2 cm³/mol. The third kappa shape index (κ3) is 0.834. The molecule has 12 heavy (non-hydrogen) atoms. The Morgan fingerprint density at radius 1 is 1.33 bits per heavy atom. The van der Waals surface area contributed by atoms with E-state index in [2.05, 4.69) is 20.8 Å². The summed E-state index contributed by atoms with van der Waals surface area (Å²) in [5.74, 6) is 0.868. The zero-order valence-electron chi connectivity index (χ0n) is 8.15. The normalized spacial score (nSPS) is 42.9. The minimum absolute atomic E-state index is 0. The Labute approximate surface area is 80.9 Å². The summed E-state index contributed by atoms with van der Waals surface area (Å²) in [6, 6.07) is 0. The molecular weight excluding hydrogens is 170 g/mol. The van der Waals surface area contributed by atoms with Gasteiger partial charge in [-0.15, -0.1) is 0 Å². The molecule has 2 aliphatic carbocycles. The molecule has 0 aliphatic heterocycles. The van der Waals surface area contributed by atoms with Crippen molar-refractivity contribution in [2.75, 3.05) is 0 Å². The maximum atomic E-state index is 6.05. The van der Waals surface area contributed by atoms with E-state index in [-0.39, 0.29) is 12.4 Å². The Hall–Kier alpha value is -0.0400. The number of halogens is 1. The van der Waals surface area contributed by atoms with Crippen LogP contribution in [0.1, 0.15) is 40.0 Å². The van der Waals surface area contributed by atoms with Crippen molar-refractivity contribution in [3.05, 3.63) is 0 Å². The predicted octanol–water partition coefficient (Wildman–Crippen LogP) is -1.96. The minimum atomic E-state index is 0. The van der Waals surface area contributed by atoms with Gasteiger partial charge in [0.25, 0.3) is 0 Å². The van der Waals surface area contributed by atoms with Crippen LogP contribution in [-0.4, -0.2) is 5.71 Å². The molecule has 2 saturated carbocycles. The van der Waals surface area contributed by atoms with Gasteiger partial charge in [-0.05, 0) is 31.1 Å². The smallest absolute Gasteiger partial charge is 0.155 e. The Morgan fingerprint density at radius 2 is 1.92 bits per heavy atom. The molecule has 0 amide bonds. The van der Waals surface area contributed by atoms with E-state index in [1.165, 1.54) is 25.0 Å². The number of fused-ring (bicyclic) bond motifs is 2. The lowest BCUT2D eigenvalue weighted by Crippen LogP contribution is -3.00. The van der Waals surface area contributed by atoms with Crippen LogP contribution in [-0.2, 0) is 0 Å². The molecule has 0 heterocycles. The standard InChI is InChI=1S/C10H17N.ClH/c1-9(2)7-4-5-10(9,3)8(11)6-7;/h7,11H,4-6H2,1-3H3;1H/t7-,10+;/m1./s1. The van der Waals surface area contributed by atoms with E-state index < -0.39 is 0 Å². The van der Waals surface area contributed by atoms with Crippen molar-refractivity contribution in [3.8, 4) is 0 Å². The van der Waals surface area contributed by atoms with Crippen LogP contribution in [0.15, 0.2) is 0 Å². The van der Waals surface area contributed by atoms with E-state index in [4.69, 9.17) is 5.41 Å². The van der Waals surface area contributed by atoms with Gasteiger partial charge >= 0.3 is 0 Å². The van der Waals surface area contributed by atoms with Gasteiger partial charge in [0.1, 0.15) is 0 Å². The van der Waals surface area contributed by atoms with Crippen LogP contribution >= 0.6 is 0 Å². The van der Waals surface area contributed by atoms with Crippen molar-refractivity contribution in [3.63, 3.8) is 0 Å². The average molecular weight is 188 g/mol. The van der Waals surface area contributed by atoms with Crippen LogP contribution in [0.25, 0.3) is 0 Å². The van der Waals surface area contributed by atoms with Gasteiger partial charge in [-0.1, -0.05) is 13.8 Å². The number of hydrogen-bond acceptors (Lipinski definition) is 0. The molecule has 2 N–H and O–H groups in total. The quantitative estimate of drug-likeness (QED) is 0.456. The summed E-state index contributed by atoms with van der Waals surface area (Å²) >= 11 is 0. The van der Waals surface area contributed by atoms with E-state index in [9.17, 15) is 0 Å². The monoisotopic (exact) mass is 187 g/mol. The van der Waals surface area contributed by atoms with Gasteiger partial charge in [-0.2, -0.15) is 0 Å². The first-order valence-electron chi connectivity index (χ1n) is 4.60. The van der Waals surface area contributed by atoms with Gasteiger partial charge in [-0.3, -0.25) is 5.41 Å². The van der Waals surface area contributed by atoms with Crippen molar-refractivity contribution in [2.24, 2.45) is 16.7 Å². The molecule has 0 aromatic rings. The molecule has 0 aromatic carbocycles. The highest BCUT2D eigenvalue weighted by Crippen LogP contribution is 2.62. The minimum Gasteiger partial charge on any atom is -1.00 e. The van der Waals surface area contributed by atoms with Gasteiger partial charge in [0, 0.05) is 6.42 Å². The molecule has 2 aliphatic rings. The van der Waals surface area contributed by atoms with Crippen LogP contribution in [0.4, 0.5) is 0 Å². The van der Waals surface area contributed by atoms with Gasteiger partial charge in [0.15, 0.2) is 5.71 Å². The molecule has 0 saturated heterocycles. The molecule has 2 atom stereocenters. The highest BCUT2D eigenvalue weighted by molar-refractivity contribution is 5.89. The van der Waals surface area contributed by atoms with Crippen molar-refractivity contribution in [1.82, 2.24) is 0 Å². The molecule has 0 unspecified atom stereocenters. The van der Waals surface area contributed by atoms with E-state index in [1.807, 2.05) is 0 Å². The van der Waals surface area contributed by atoms with Crippen LogP contribution in [0.3, 0.4) is 0 Å². The fourth-order valence-electron chi connectivity index (χ4n) is 3.02. The second kappa shape index (κ2) is 2.47. The number of rotatable bonds is 0. The molecule has 0 radical (unpaired) electrons. The lowest BCUT2D eigenvalue weighted by molar-refractivity contribution is -0.128. The largest absolute Gasteiger partial charge is 1.00 e. The summed E-state index contributed by atoms with van der Waals surface area (Å²) in [7, 11) is 0. The molecule has 1 nitrogen and oxygen atoms in total. The van der Waals surface area contributed by atoms with Crippen LogP contribution in [0.2, 0.25) is 0 Å². The van der Waals surface area contributed by atoms with Gasteiger partial charge in [-0.25, -0.2) is 0 Å². The summed E-state index contributed by atoms with van der Waals surface area (Å²) in [6.45, 7) is 7.10. The summed E-state index contributed by atoms with van der Waals surface area (Å²) in [4.78, 5) is 0. The summed E-state index contributed by atoms with van der Waals surface area (Å²) in [5.41, 5.74) is 2.09. The van der Waals surface area contributed by atoms with Gasteiger partial charge in [0.05, 0.1) is 5.41 Å². The first-order valence-corrected chi connectivity index (χ1v) is 4.60. The van der Waals surface area contributed by atoms with Crippen molar-refractivity contribution in [1.29, 1.82) is 0 Å². The van der Waals surface area contributed by atoms with E-state index in [0.29, 0.717) is 10.8 Å². The van der Waals surface area contributed by atoms with Crippen molar-refractivity contribution < 1.29 is 17.8 Å². The first kappa shape index (κ1) is 10.0. The molecular formula is C10H18ClN. The molecule has 70 valence electrons. The molecule has 0 aromatic heterocycles. The van der Waals surface area contributed by atoms with E-state index in [0.717, 1.165) is 5.92 Å². The Morgan fingerprint density at radius 3 is 2.08 bits per heavy atom. The number of nitrogens with two attached hydrogens (primary N) is 1. The third-order valence-electron chi connectivity index (χ3n) is 4.61. The first-order chi connectivity index (χ1) is 4.98. The molecule has 2 fully saturated rings. The third-order valence-corrected chi connectivity index (χ3v) is 4.61. The maximum Gasteiger partial charge on any atom is 0.155 e. The van der Waals surface area contributed by atoms with Gasteiger partial charge in [0.2, 0.25) is 0 Å². The maximum absolute atomic E-state index is 6.05. The highest BCUT2D eigenvalue weighted by atomic mass is 35.5. The van der Waals surface area contributed by atoms with Crippen LogP contribution in [0.5, 0.6) is 0 Å². The van der Waals surface area contributed by atoms with Crippen LogP contribution < -0.4 is 17.8 Å². The second-order valence-corrected chi connectivity index (χ2v) is 5.02. The van der Waals surface area contributed by atoms with Crippen LogP contribution in [0, 0.1) is 16.7 Å². The Balaban J connectivity index is 0.000000720. The number of hydrogen-bond donors (Lipinski definition) is 1. The average Bonchev–Trinajstić information content (AvgIpc) is 2.20. The lowest BCUT2D eigenvalue weighted by atomic mass is 9.70. The molecule has 2 bridgehead atoms. The zero-order valence-corrected chi connectivity index (χ0v) is 8.91. The lowest BCUT2D eigenvalue weighted by Gasteiger charge is -2.31. The summed E-state index contributed by atoms with van der Waals surface area (Å²) in [6.07, 6.45) is 3.89.